The van der Waals surface area contributed by atoms with Crippen molar-refractivity contribution in [3.8, 4) is 5.75 Å². The van der Waals surface area contributed by atoms with Crippen LogP contribution in [0.25, 0.3) is 10.9 Å². The molecule has 7 heteroatoms. The number of nitrogens with one attached hydrogen (secondary N) is 2. The summed E-state index contributed by atoms with van der Waals surface area (Å²) in [5, 5.41) is 12.1. The van der Waals surface area contributed by atoms with Crippen molar-refractivity contribution in [3.05, 3.63) is 60.3 Å². The zero-order chi connectivity index (χ0) is 18.6. The maximum absolute atomic E-state index is 5.50. The Kier molecular flexibility index (Phi) is 4.93. The standard InChI is InChI=1S/C20H19N5OS/c1-3-26-14-8-10-15(11-9-14)27-20-21-17-7-5-4-6-16(17)19(23-20)22-18-12-13(2)24-25-18/h4-12H,3H2,1-2H3,(H2,21,22,23,24,25). The van der Waals surface area contributed by atoms with E-state index in [0.29, 0.717) is 11.8 Å². The molecule has 4 rings (SSSR count). The molecule has 0 amide bonds. The van der Waals surface area contributed by atoms with Gasteiger partial charge in [0.15, 0.2) is 11.0 Å². The first kappa shape index (κ1) is 17.4. The number of hydrogen-bond acceptors (Lipinski definition) is 6. The van der Waals surface area contributed by atoms with Crippen LogP contribution < -0.4 is 10.1 Å². The Hall–Kier alpha value is -3.06. The van der Waals surface area contributed by atoms with Gasteiger partial charge < -0.3 is 10.1 Å². The van der Waals surface area contributed by atoms with Gasteiger partial charge in [-0.15, -0.1) is 0 Å². The van der Waals surface area contributed by atoms with Gasteiger partial charge in [-0.05, 0) is 62.0 Å². The van der Waals surface area contributed by atoms with Crippen LogP contribution in [0.2, 0.25) is 0 Å². The second-order valence-corrected chi connectivity index (χ2v) is 6.98. The fourth-order valence-electron chi connectivity index (χ4n) is 2.68. The van der Waals surface area contributed by atoms with Gasteiger partial charge in [0.25, 0.3) is 0 Å². The Bertz CT molecular complexity index is 1060. The lowest BCUT2D eigenvalue weighted by atomic mass is 10.2. The van der Waals surface area contributed by atoms with Crippen LogP contribution in [0, 0.1) is 6.92 Å². The molecule has 0 unspecified atom stereocenters. The van der Waals surface area contributed by atoms with Crippen molar-refractivity contribution >= 4 is 34.3 Å². The van der Waals surface area contributed by atoms with E-state index >= 15 is 0 Å². The molecular formula is C20H19N5OS. The number of hydrogen-bond donors (Lipinski definition) is 2. The summed E-state index contributed by atoms with van der Waals surface area (Å²) in [5.41, 5.74) is 1.87. The first-order valence-electron chi connectivity index (χ1n) is 8.68. The third-order valence-corrected chi connectivity index (χ3v) is 4.75. The number of para-hydroxylation sites is 1. The number of fused-ring (bicyclic) bond motifs is 1. The molecule has 2 aromatic carbocycles. The Morgan fingerprint density at radius 3 is 2.63 bits per heavy atom. The van der Waals surface area contributed by atoms with E-state index in [1.54, 1.807) is 0 Å². The third kappa shape index (κ3) is 4.03. The van der Waals surface area contributed by atoms with Crippen LogP contribution in [0.3, 0.4) is 0 Å². The molecule has 0 saturated heterocycles. The van der Waals surface area contributed by atoms with E-state index in [1.165, 1.54) is 11.8 Å². The lowest BCUT2D eigenvalue weighted by Crippen LogP contribution is -1.99. The van der Waals surface area contributed by atoms with Crippen molar-refractivity contribution in [2.75, 3.05) is 11.9 Å². The molecule has 6 nitrogen and oxygen atoms in total. The predicted octanol–water partition coefficient (Wildman–Crippen LogP) is 4.95. The molecule has 4 aromatic rings. The fraction of sp³-hybridized carbons (Fsp3) is 0.150. The number of rotatable bonds is 6. The minimum atomic E-state index is 0.655. The van der Waals surface area contributed by atoms with E-state index in [-0.39, 0.29) is 0 Å². The summed E-state index contributed by atoms with van der Waals surface area (Å²) in [5.74, 6) is 2.33. The summed E-state index contributed by atoms with van der Waals surface area (Å²) in [6.07, 6.45) is 0. The molecule has 0 aliphatic heterocycles. The van der Waals surface area contributed by atoms with Gasteiger partial charge in [0.2, 0.25) is 0 Å². The lowest BCUT2D eigenvalue weighted by molar-refractivity contribution is 0.340. The molecule has 136 valence electrons. The number of aromatic nitrogens is 4. The quantitative estimate of drug-likeness (QED) is 0.463. The number of aromatic amines is 1. The smallest absolute Gasteiger partial charge is 0.195 e. The number of benzene rings is 2. The monoisotopic (exact) mass is 377 g/mol. The number of ether oxygens (including phenoxy) is 1. The summed E-state index contributed by atoms with van der Waals surface area (Å²) < 4.78 is 5.50. The summed E-state index contributed by atoms with van der Waals surface area (Å²) in [6, 6.07) is 17.8. The molecule has 0 aliphatic carbocycles. The van der Waals surface area contributed by atoms with Crippen molar-refractivity contribution < 1.29 is 4.74 Å². The Balaban J connectivity index is 1.66. The van der Waals surface area contributed by atoms with Crippen molar-refractivity contribution in [1.82, 2.24) is 20.2 Å². The highest BCUT2D eigenvalue weighted by atomic mass is 32.2. The Morgan fingerprint density at radius 1 is 1.07 bits per heavy atom. The van der Waals surface area contributed by atoms with Gasteiger partial charge >= 0.3 is 0 Å². The molecule has 0 bridgehead atoms. The van der Waals surface area contributed by atoms with Crippen LogP contribution in [0.4, 0.5) is 11.6 Å². The van der Waals surface area contributed by atoms with Crippen molar-refractivity contribution in [1.29, 1.82) is 0 Å². The highest BCUT2D eigenvalue weighted by Gasteiger charge is 2.10. The molecule has 0 aliphatic rings. The van der Waals surface area contributed by atoms with Gasteiger partial charge in [-0.25, -0.2) is 9.97 Å². The maximum atomic E-state index is 5.50. The summed E-state index contributed by atoms with van der Waals surface area (Å²) >= 11 is 1.51. The molecule has 27 heavy (non-hydrogen) atoms. The van der Waals surface area contributed by atoms with Crippen LogP contribution in [0.1, 0.15) is 12.6 Å². The van der Waals surface area contributed by atoms with Crippen LogP contribution in [0.5, 0.6) is 5.75 Å². The van der Waals surface area contributed by atoms with Crippen LogP contribution in [-0.4, -0.2) is 26.8 Å². The van der Waals surface area contributed by atoms with Crippen LogP contribution in [-0.2, 0) is 0 Å². The molecule has 0 saturated carbocycles. The number of anilines is 2. The molecule has 0 spiro atoms. The predicted molar refractivity (Wildman–Crippen MR) is 108 cm³/mol. The van der Waals surface area contributed by atoms with Gasteiger partial charge in [0.05, 0.1) is 12.1 Å². The van der Waals surface area contributed by atoms with Gasteiger partial charge in [-0.1, -0.05) is 12.1 Å². The molecule has 2 heterocycles. The normalized spacial score (nSPS) is 10.9. The van der Waals surface area contributed by atoms with E-state index in [1.807, 2.05) is 68.4 Å². The number of nitrogens with zero attached hydrogens (tertiary/aromatic N) is 3. The van der Waals surface area contributed by atoms with Crippen molar-refractivity contribution in [2.45, 2.75) is 23.9 Å². The summed E-state index contributed by atoms with van der Waals surface area (Å²) in [4.78, 5) is 10.5. The average Bonchev–Trinajstić information content (AvgIpc) is 3.08. The van der Waals surface area contributed by atoms with Crippen LogP contribution in [0.15, 0.2) is 64.6 Å². The first-order chi connectivity index (χ1) is 13.2. The van der Waals surface area contributed by atoms with Crippen molar-refractivity contribution in [3.63, 3.8) is 0 Å². The number of H-pyrrole nitrogens is 1. The third-order valence-electron chi connectivity index (χ3n) is 3.88. The fourth-order valence-corrected chi connectivity index (χ4v) is 3.44. The molecule has 0 fully saturated rings. The maximum Gasteiger partial charge on any atom is 0.195 e. The number of aryl methyl sites for hydroxylation is 1. The van der Waals surface area contributed by atoms with E-state index < -0.39 is 0 Å². The van der Waals surface area contributed by atoms with Gasteiger partial charge in [-0.3, -0.25) is 5.10 Å². The molecule has 0 atom stereocenters. The summed E-state index contributed by atoms with van der Waals surface area (Å²) in [6.45, 7) is 4.59. The van der Waals surface area contributed by atoms with Crippen LogP contribution >= 0.6 is 11.8 Å². The summed E-state index contributed by atoms with van der Waals surface area (Å²) in [7, 11) is 0. The zero-order valence-electron chi connectivity index (χ0n) is 15.1. The Morgan fingerprint density at radius 2 is 1.89 bits per heavy atom. The van der Waals surface area contributed by atoms with Crippen molar-refractivity contribution in [2.24, 2.45) is 0 Å². The second-order valence-electron chi connectivity index (χ2n) is 5.94. The SMILES string of the molecule is CCOc1ccc(Sc2nc(Nc3cc(C)[nH]n3)c3ccccc3n2)cc1. The lowest BCUT2D eigenvalue weighted by Gasteiger charge is -2.09. The average molecular weight is 377 g/mol. The van der Waals surface area contributed by atoms with E-state index in [9.17, 15) is 0 Å². The Labute approximate surface area is 161 Å². The first-order valence-corrected chi connectivity index (χ1v) is 9.49. The van der Waals surface area contributed by atoms with Gasteiger partial charge in [0, 0.05) is 22.0 Å². The van der Waals surface area contributed by atoms with Gasteiger partial charge in [0.1, 0.15) is 11.6 Å². The topological polar surface area (TPSA) is 75.7 Å². The zero-order valence-corrected chi connectivity index (χ0v) is 15.9. The molecule has 2 N–H and O–H groups in total. The molecule has 0 radical (unpaired) electrons. The largest absolute Gasteiger partial charge is 0.494 e. The highest BCUT2D eigenvalue weighted by molar-refractivity contribution is 7.99. The highest BCUT2D eigenvalue weighted by Crippen LogP contribution is 2.31. The van der Waals surface area contributed by atoms with Gasteiger partial charge in [-0.2, -0.15) is 5.10 Å². The molecular weight excluding hydrogens is 358 g/mol. The van der Waals surface area contributed by atoms with E-state index in [4.69, 9.17) is 9.72 Å². The van der Waals surface area contributed by atoms with E-state index in [2.05, 4.69) is 20.5 Å². The minimum absolute atomic E-state index is 0.655. The molecule has 2 aromatic heterocycles. The van der Waals surface area contributed by atoms with E-state index in [0.717, 1.165) is 38.9 Å². The second kappa shape index (κ2) is 7.67. The minimum Gasteiger partial charge on any atom is -0.494 e.